The van der Waals surface area contributed by atoms with Gasteiger partial charge in [-0.25, -0.2) is 4.79 Å². The van der Waals surface area contributed by atoms with Crippen LogP contribution < -0.4 is 0 Å². The van der Waals surface area contributed by atoms with E-state index in [9.17, 15) is 9.90 Å². The largest absolute Gasteiger partial charge is 0.508 e. The fraction of sp³-hybridized carbons (Fsp3) is 0.571. The van der Waals surface area contributed by atoms with Crippen molar-refractivity contribution in [3.05, 3.63) is 47.2 Å². The molecule has 0 spiro atoms. The Hall–Kier alpha value is -1.77. The van der Waals surface area contributed by atoms with Crippen LogP contribution in [0.4, 0.5) is 0 Å². The van der Waals surface area contributed by atoms with Crippen LogP contribution in [0.25, 0.3) is 0 Å². The summed E-state index contributed by atoms with van der Waals surface area (Å²) in [7, 11) is 0. The summed E-state index contributed by atoms with van der Waals surface area (Å²) in [4.78, 5) is 12.6. The average molecular weight is 328 g/mol. The minimum atomic E-state index is -0.447. The fourth-order valence-electron chi connectivity index (χ4n) is 4.05. The van der Waals surface area contributed by atoms with E-state index in [1.165, 1.54) is 0 Å². The third kappa shape index (κ3) is 3.35. The van der Waals surface area contributed by atoms with Crippen molar-refractivity contribution in [1.82, 2.24) is 0 Å². The van der Waals surface area contributed by atoms with Crippen molar-refractivity contribution in [1.29, 1.82) is 0 Å². The molecule has 1 aromatic carbocycles. The standard InChI is InChI=1S/C21H28O3/c1-3-8-16(9-4-2)20-19(22)18(21(23)24-20)17(15-12-13-15)14-10-6-5-7-11-14/h5-7,10-11,15-17,20,22H,3-4,8-9,12-13H2,1-2H3. The Morgan fingerprint density at radius 3 is 2.29 bits per heavy atom. The van der Waals surface area contributed by atoms with Crippen LogP contribution in [-0.2, 0) is 9.53 Å². The van der Waals surface area contributed by atoms with Gasteiger partial charge in [0, 0.05) is 11.8 Å². The van der Waals surface area contributed by atoms with Gasteiger partial charge in [0.25, 0.3) is 0 Å². The molecule has 0 saturated heterocycles. The Balaban J connectivity index is 1.93. The van der Waals surface area contributed by atoms with Gasteiger partial charge in [-0.15, -0.1) is 0 Å². The molecule has 3 heteroatoms. The van der Waals surface area contributed by atoms with E-state index in [0.29, 0.717) is 11.5 Å². The van der Waals surface area contributed by atoms with E-state index in [4.69, 9.17) is 4.74 Å². The predicted octanol–water partition coefficient (Wildman–Crippen LogP) is 5.13. The minimum absolute atomic E-state index is 0.0207. The second-order valence-corrected chi connectivity index (χ2v) is 7.19. The Morgan fingerprint density at radius 2 is 1.75 bits per heavy atom. The van der Waals surface area contributed by atoms with E-state index >= 15 is 0 Å². The van der Waals surface area contributed by atoms with Crippen LogP contribution in [0, 0.1) is 11.8 Å². The molecule has 3 rings (SSSR count). The molecule has 2 unspecified atom stereocenters. The lowest BCUT2D eigenvalue weighted by Gasteiger charge is -2.22. The summed E-state index contributed by atoms with van der Waals surface area (Å²) in [6.45, 7) is 4.27. The molecule has 0 aromatic heterocycles. The molecule has 24 heavy (non-hydrogen) atoms. The summed E-state index contributed by atoms with van der Waals surface area (Å²) in [6, 6.07) is 10.1. The van der Waals surface area contributed by atoms with Crippen LogP contribution >= 0.6 is 0 Å². The lowest BCUT2D eigenvalue weighted by molar-refractivity contribution is -0.142. The van der Waals surface area contributed by atoms with Crippen molar-refractivity contribution < 1.29 is 14.6 Å². The molecule has 1 aromatic rings. The second kappa shape index (κ2) is 7.42. The number of hydrogen-bond donors (Lipinski definition) is 1. The van der Waals surface area contributed by atoms with Gasteiger partial charge in [-0.2, -0.15) is 0 Å². The molecule has 2 aliphatic rings. The van der Waals surface area contributed by atoms with E-state index in [1.54, 1.807) is 0 Å². The molecule has 1 aliphatic carbocycles. The van der Waals surface area contributed by atoms with Crippen LogP contribution in [0.15, 0.2) is 41.7 Å². The van der Waals surface area contributed by atoms with Crippen LogP contribution in [0.5, 0.6) is 0 Å². The van der Waals surface area contributed by atoms with Crippen LogP contribution in [0.1, 0.15) is 63.9 Å². The monoisotopic (exact) mass is 328 g/mol. The van der Waals surface area contributed by atoms with E-state index in [1.807, 2.05) is 18.2 Å². The maximum atomic E-state index is 12.6. The number of carbonyl (C=O) groups is 1. The SMILES string of the molecule is CCCC(CCC)C1OC(=O)C(C(c2ccccc2)C2CC2)=C1O. The number of cyclic esters (lactones) is 1. The first-order valence-electron chi connectivity index (χ1n) is 9.36. The summed E-state index contributed by atoms with van der Waals surface area (Å²) in [6.07, 6.45) is 5.80. The molecule has 1 heterocycles. The highest BCUT2D eigenvalue weighted by atomic mass is 16.6. The number of aliphatic hydroxyl groups is 1. The Labute approximate surface area is 144 Å². The Kier molecular flexibility index (Phi) is 5.27. The van der Waals surface area contributed by atoms with Gasteiger partial charge >= 0.3 is 5.97 Å². The summed E-state index contributed by atoms with van der Waals surface area (Å²) < 4.78 is 5.67. The first-order valence-corrected chi connectivity index (χ1v) is 9.36. The van der Waals surface area contributed by atoms with Crippen molar-refractivity contribution >= 4 is 5.97 Å². The van der Waals surface area contributed by atoms with Gasteiger partial charge < -0.3 is 9.84 Å². The van der Waals surface area contributed by atoms with Gasteiger partial charge in [-0.3, -0.25) is 0 Å². The minimum Gasteiger partial charge on any atom is -0.508 e. The third-order valence-electron chi connectivity index (χ3n) is 5.31. The van der Waals surface area contributed by atoms with Crippen molar-refractivity contribution in [2.24, 2.45) is 11.8 Å². The van der Waals surface area contributed by atoms with Gasteiger partial charge in [0.05, 0.1) is 5.57 Å². The topological polar surface area (TPSA) is 46.5 Å². The molecular formula is C21H28O3. The third-order valence-corrected chi connectivity index (χ3v) is 5.31. The highest BCUT2D eigenvalue weighted by Gasteiger charge is 2.46. The zero-order valence-electron chi connectivity index (χ0n) is 14.7. The number of carbonyl (C=O) groups excluding carboxylic acids is 1. The number of rotatable bonds is 8. The van der Waals surface area contributed by atoms with Crippen molar-refractivity contribution in [2.75, 3.05) is 0 Å². The lowest BCUT2D eigenvalue weighted by Crippen LogP contribution is -2.23. The zero-order valence-corrected chi connectivity index (χ0v) is 14.7. The first kappa shape index (κ1) is 17.1. The first-order chi connectivity index (χ1) is 11.7. The smallest absolute Gasteiger partial charge is 0.338 e. The molecule has 2 atom stereocenters. The quantitative estimate of drug-likeness (QED) is 0.673. The number of esters is 1. The molecule has 1 fully saturated rings. The maximum absolute atomic E-state index is 12.6. The molecule has 130 valence electrons. The van der Waals surface area contributed by atoms with Crippen LogP contribution in [0.3, 0.4) is 0 Å². The summed E-state index contributed by atoms with van der Waals surface area (Å²) in [5, 5.41) is 10.9. The normalized spacial score (nSPS) is 22.1. The van der Waals surface area contributed by atoms with Gasteiger partial charge in [0.15, 0.2) is 6.10 Å². The van der Waals surface area contributed by atoms with Crippen LogP contribution in [-0.4, -0.2) is 17.2 Å². The highest BCUT2D eigenvalue weighted by molar-refractivity contribution is 5.93. The number of ether oxygens (including phenoxy) is 1. The summed E-state index contributed by atoms with van der Waals surface area (Å²) >= 11 is 0. The fourth-order valence-corrected chi connectivity index (χ4v) is 4.05. The Morgan fingerprint density at radius 1 is 1.12 bits per heavy atom. The molecule has 1 N–H and O–H groups in total. The number of aliphatic hydroxyl groups excluding tert-OH is 1. The average Bonchev–Trinajstić information content (AvgIpc) is 3.37. The van der Waals surface area contributed by atoms with E-state index in [2.05, 4.69) is 26.0 Å². The van der Waals surface area contributed by atoms with E-state index < -0.39 is 6.10 Å². The van der Waals surface area contributed by atoms with Gasteiger partial charge in [-0.1, -0.05) is 57.0 Å². The maximum Gasteiger partial charge on any atom is 0.338 e. The molecular weight excluding hydrogens is 300 g/mol. The zero-order chi connectivity index (χ0) is 17.1. The molecule has 3 nitrogen and oxygen atoms in total. The van der Waals surface area contributed by atoms with Gasteiger partial charge in [0.2, 0.25) is 0 Å². The molecule has 1 aliphatic heterocycles. The Bertz CT molecular complexity index is 595. The van der Waals surface area contributed by atoms with E-state index in [0.717, 1.165) is 44.1 Å². The van der Waals surface area contributed by atoms with Crippen molar-refractivity contribution in [3.63, 3.8) is 0 Å². The molecule has 0 bridgehead atoms. The van der Waals surface area contributed by atoms with Crippen molar-refractivity contribution in [2.45, 2.75) is 64.4 Å². The number of hydrogen-bond acceptors (Lipinski definition) is 3. The molecule has 0 radical (unpaired) electrons. The highest BCUT2D eigenvalue weighted by Crippen LogP contribution is 2.49. The number of benzene rings is 1. The second-order valence-electron chi connectivity index (χ2n) is 7.19. The summed E-state index contributed by atoms with van der Waals surface area (Å²) in [5.41, 5.74) is 1.63. The van der Waals surface area contributed by atoms with Gasteiger partial charge in [0.1, 0.15) is 5.76 Å². The van der Waals surface area contributed by atoms with Crippen molar-refractivity contribution in [3.8, 4) is 0 Å². The molecule has 0 amide bonds. The van der Waals surface area contributed by atoms with Crippen LogP contribution in [0.2, 0.25) is 0 Å². The molecule has 1 saturated carbocycles. The van der Waals surface area contributed by atoms with E-state index in [-0.39, 0.29) is 23.6 Å². The van der Waals surface area contributed by atoms with Gasteiger partial charge in [-0.05, 0) is 37.2 Å². The predicted molar refractivity (Wildman–Crippen MR) is 94.7 cm³/mol. The summed E-state index contributed by atoms with van der Waals surface area (Å²) in [5.74, 6) is 0.541. The lowest BCUT2D eigenvalue weighted by atomic mass is 9.84.